The number of halogens is 1. The topological polar surface area (TPSA) is 0 Å². The maximum Gasteiger partial charge on any atom is 0.118 e. The molecule has 0 aromatic heterocycles. The fourth-order valence-corrected chi connectivity index (χ4v) is 0.520. The van der Waals surface area contributed by atoms with E-state index in [1.54, 1.807) is 0 Å². The van der Waals surface area contributed by atoms with E-state index in [1.807, 2.05) is 6.92 Å². The minimum atomic E-state index is -0.824. The van der Waals surface area contributed by atoms with E-state index in [2.05, 4.69) is 6.58 Å². The van der Waals surface area contributed by atoms with Gasteiger partial charge in [-0.2, -0.15) is 0 Å². The molecule has 1 unspecified atom stereocenters. The molecule has 0 aliphatic rings. The van der Waals surface area contributed by atoms with Gasteiger partial charge in [-0.05, 0) is 18.9 Å². The number of rotatable bonds is 3. The van der Waals surface area contributed by atoms with Crippen LogP contribution in [0.1, 0.15) is 26.7 Å². The van der Waals surface area contributed by atoms with Gasteiger partial charge in [-0.25, -0.2) is 4.39 Å². The average Bonchev–Trinajstić information content (AvgIpc) is 1.67. The highest BCUT2D eigenvalue weighted by Gasteiger charge is 2.00. The highest BCUT2D eigenvalue weighted by Crippen LogP contribution is 2.09. The summed E-state index contributed by atoms with van der Waals surface area (Å²) in [7, 11) is 0. The van der Waals surface area contributed by atoms with Crippen molar-refractivity contribution in [3.8, 4) is 0 Å². The molecule has 0 aromatic rings. The van der Waals surface area contributed by atoms with Crippen LogP contribution in [0.3, 0.4) is 0 Å². The van der Waals surface area contributed by atoms with E-state index >= 15 is 0 Å². The van der Waals surface area contributed by atoms with Crippen LogP contribution in [0, 0.1) is 0 Å². The zero-order chi connectivity index (χ0) is 6.57. The van der Waals surface area contributed by atoms with E-state index in [9.17, 15) is 4.39 Å². The lowest BCUT2D eigenvalue weighted by atomic mass is 10.1. The zero-order valence-corrected chi connectivity index (χ0v) is 5.58. The molecular weight excluding hydrogens is 103 g/mol. The van der Waals surface area contributed by atoms with Crippen molar-refractivity contribution in [2.75, 3.05) is 0 Å². The fraction of sp³-hybridized carbons (Fsp3) is 0.714. The van der Waals surface area contributed by atoms with Crippen molar-refractivity contribution in [2.45, 2.75) is 32.9 Å². The Morgan fingerprint density at radius 1 is 1.75 bits per heavy atom. The Hall–Kier alpha value is -0.330. The highest BCUT2D eigenvalue weighted by molar-refractivity contribution is 4.99. The molecule has 48 valence electrons. The van der Waals surface area contributed by atoms with Gasteiger partial charge in [0.2, 0.25) is 0 Å². The second-order valence-electron chi connectivity index (χ2n) is 2.02. The minimum absolute atomic E-state index is 0.715. The molecule has 0 saturated carbocycles. The summed E-state index contributed by atoms with van der Waals surface area (Å²) in [5.74, 6) is 0. The number of hydrogen-bond donors (Lipinski definition) is 0. The summed E-state index contributed by atoms with van der Waals surface area (Å²) in [5.41, 5.74) is 0.715. The first-order valence-corrected chi connectivity index (χ1v) is 3.00. The first-order chi connectivity index (χ1) is 3.68. The highest BCUT2D eigenvalue weighted by atomic mass is 19.1. The summed E-state index contributed by atoms with van der Waals surface area (Å²) in [4.78, 5) is 0. The fourth-order valence-electron chi connectivity index (χ4n) is 0.520. The molecule has 0 amide bonds. The van der Waals surface area contributed by atoms with Gasteiger partial charge < -0.3 is 0 Å². The van der Waals surface area contributed by atoms with Crippen LogP contribution in [0.2, 0.25) is 0 Å². The summed E-state index contributed by atoms with van der Waals surface area (Å²) >= 11 is 0. The van der Waals surface area contributed by atoms with E-state index in [-0.39, 0.29) is 0 Å². The Bertz CT molecular complexity index is 74.5. The van der Waals surface area contributed by atoms with Crippen LogP contribution in [0.25, 0.3) is 0 Å². The lowest BCUT2D eigenvalue weighted by molar-refractivity contribution is 0.402. The van der Waals surface area contributed by atoms with Crippen LogP contribution in [0.5, 0.6) is 0 Å². The summed E-state index contributed by atoms with van der Waals surface area (Å²) in [6.07, 6.45) is 0.986. The second kappa shape index (κ2) is 3.65. The molecular formula is C7H13F. The molecule has 0 rings (SSSR count). The van der Waals surface area contributed by atoms with Gasteiger partial charge in [-0.15, -0.1) is 0 Å². The predicted octanol–water partition coefficient (Wildman–Crippen LogP) is 2.70. The molecule has 0 heterocycles. The van der Waals surface area contributed by atoms with Crippen molar-refractivity contribution >= 4 is 0 Å². The molecule has 0 fully saturated rings. The molecule has 0 radical (unpaired) electrons. The van der Waals surface area contributed by atoms with Gasteiger partial charge in [0.25, 0.3) is 0 Å². The van der Waals surface area contributed by atoms with Crippen LogP contribution in [-0.2, 0) is 0 Å². The van der Waals surface area contributed by atoms with Crippen molar-refractivity contribution in [3.05, 3.63) is 12.2 Å². The quantitative estimate of drug-likeness (QED) is 0.497. The van der Waals surface area contributed by atoms with Gasteiger partial charge >= 0.3 is 0 Å². The summed E-state index contributed by atoms with van der Waals surface area (Å²) in [6.45, 7) is 7.12. The third-order valence-corrected chi connectivity index (χ3v) is 1.13. The largest absolute Gasteiger partial charge is 0.243 e. The van der Waals surface area contributed by atoms with Crippen LogP contribution in [0.4, 0.5) is 4.39 Å². The maximum absolute atomic E-state index is 12.2. The normalized spacial score (nSPS) is 13.4. The maximum atomic E-state index is 12.2. The molecule has 0 saturated heterocycles. The zero-order valence-electron chi connectivity index (χ0n) is 5.58. The molecule has 1 atom stereocenters. The minimum Gasteiger partial charge on any atom is -0.243 e. The van der Waals surface area contributed by atoms with Gasteiger partial charge in [-0.3, -0.25) is 0 Å². The number of allylic oxidation sites excluding steroid dienone is 1. The third-order valence-electron chi connectivity index (χ3n) is 1.13. The van der Waals surface area contributed by atoms with Gasteiger partial charge in [-0.1, -0.05) is 19.9 Å². The Labute approximate surface area is 50.4 Å². The molecule has 0 N–H and O–H groups in total. The van der Waals surface area contributed by atoms with Crippen LogP contribution in [0.15, 0.2) is 12.2 Å². The average molecular weight is 116 g/mol. The molecule has 0 nitrogen and oxygen atoms in total. The monoisotopic (exact) mass is 116 g/mol. The van der Waals surface area contributed by atoms with E-state index < -0.39 is 6.17 Å². The van der Waals surface area contributed by atoms with Crippen LogP contribution in [-0.4, -0.2) is 6.17 Å². The van der Waals surface area contributed by atoms with Crippen LogP contribution >= 0.6 is 0 Å². The summed E-state index contributed by atoms with van der Waals surface area (Å²) in [6, 6.07) is 0. The Morgan fingerprint density at radius 2 is 2.25 bits per heavy atom. The molecule has 0 bridgehead atoms. The smallest absolute Gasteiger partial charge is 0.118 e. The van der Waals surface area contributed by atoms with Crippen molar-refractivity contribution in [1.29, 1.82) is 0 Å². The molecule has 1 heteroatoms. The molecule has 0 aliphatic heterocycles. The molecule has 0 aliphatic carbocycles. The first kappa shape index (κ1) is 7.67. The van der Waals surface area contributed by atoms with Gasteiger partial charge in [0.1, 0.15) is 6.17 Å². The molecule has 0 aromatic carbocycles. The SMILES string of the molecule is C=C(CCC)C(C)F. The van der Waals surface area contributed by atoms with Crippen molar-refractivity contribution < 1.29 is 4.39 Å². The summed E-state index contributed by atoms with van der Waals surface area (Å²) < 4.78 is 12.2. The number of alkyl halides is 1. The summed E-state index contributed by atoms with van der Waals surface area (Å²) in [5, 5.41) is 0. The van der Waals surface area contributed by atoms with Crippen molar-refractivity contribution in [1.82, 2.24) is 0 Å². The van der Waals surface area contributed by atoms with Crippen LogP contribution < -0.4 is 0 Å². The standard InChI is InChI=1S/C7H13F/c1-4-5-6(2)7(3)8/h7H,2,4-5H2,1,3H3. The predicted molar refractivity (Wildman–Crippen MR) is 34.6 cm³/mol. The molecule has 0 spiro atoms. The Morgan fingerprint density at radius 3 is 2.38 bits per heavy atom. The van der Waals surface area contributed by atoms with Gasteiger partial charge in [0.05, 0.1) is 0 Å². The van der Waals surface area contributed by atoms with Crippen molar-refractivity contribution in [2.24, 2.45) is 0 Å². The van der Waals surface area contributed by atoms with E-state index in [4.69, 9.17) is 0 Å². The van der Waals surface area contributed by atoms with Gasteiger partial charge in [0.15, 0.2) is 0 Å². The number of hydrogen-bond acceptors (Lipinski definition) is 0. The van der Waals surface area contributed by atoms with E-state index in [0.717, 1.165) is 12.8 Å². The second-order valence-corrected chi connectivity index (χ2v) is 2.02. The van der Waals surface area contributed by atoms with E-state index in [0.29, 0.717) is 5.57 Å². The first-order valence-electron chi connectivity index (χ1n) is 3.00. The Kier molecular flexibility index (Phi) is 3.49. The van der Waals surface area contributed by atoms with E-state index in [1.165, 1.54) is 6.92 Å². The van der Waals surface area contributed by atoms with Crippen molar-refractivity contribution in [3.63, 3.8) is 0 Å². The Balaban J connectivity index is 3.33. The molecule has 8 heavy (non-hydrogen) atoms. The van der Waals surface area contributed by atoms with Gasteiger partial charge in [0, 0.05) is 0 Å². The third kappa shape index (κ3) is 2.78. The lowest BCUT2D eigenvalue weighted by Gasteiger charge is -2.01. The lowest BCUT2D eigenvalue weighted by Crippen LogP contribution is -1.95.